The van der Waals surface area contributed by atoms with E-state index in [9.17, 15) is 5.11 Å². The van der Waals surface area contributed by atoms with E-state index in [1.165, 1.54) is 0 Å². The molecule has 0 saturated carbocycles. The van der Waals surface area contributed by atoms with Gasteiger partial charge < -0.3 is 20.3 Å². The predicted octanol–water partition coefficient (Wildman–Crippen LogP) is 4.03. The van der Waals surface area contributed by atoms with Crippen molar-refractivity contribution in [3.63, 3.8) is 0 Å². The molecule has 3 aromatic carbocycles. The molecule has 0 aliphatic carbocycles. The second-order valence-electron chi connectivity index (χ2n) is 8.12. The van der Waals surface area contributed by atoms with Crippen LogP contribution in [0, 0.1) is 0 Å². The molecule has 0 heterocycles. The quantitative estimate of drug-likeness (QED) is 0.451. The number of aliphatic hydroxyl groups excluding tert-OH is 1. The molecule has 0 aliphatic heterocycles. The van der Waals surface area contributed by atoms with Crippen LogP contribution >= 0.6 is 0 Å². The number of ether oxygens (including phenoxy) is 2. The van der Waals surface area contributed by atoms with Crippen LogP contribution in [0.1, 0.15) is 23.1 Å². The summed E-state index contributed by atoms with van der Waals surface area (Å²) in [6.45, 7) is 2.21. The summed E-state index contributed by atoms with van der Waals surface area (Å²) in [6.07, 6.45) is 0.684. The highest BCUT2D eigenvalue weighted by atomic mass is 16.5. The summed E-state index contributed by atoms with van der Waals surface area (Å²) >= 11 is 0. The number of nitrogens with two attached hydrogens (primary N) is 1. The highest BCUT2D eigenvalue weighted by Gasteiger charge is 2.18. The van der Waals surface area contributed by atoms with Crippen LogP contribution in [-0.2, 0) is 19.5 Å². The largest absolute Gasteiger partial charge is 0.497 e. The lowest BCUT2D eigenvalue weighted by atomic mass is 10.00. The van der Waals surface area contributed by atoms with Crippen molar-refractivity contribution in [2.45, 2.75) is 38.1 Å². The molecule has 3 N–H and O–H groups in total. The topological polar surface area (TPSA) is 68.0 Å². The van der Waals surface area contributed by atoms with Crippen molar-refractivity contribution in [2.24, 2.45) is 5.73 Å². The third-order valence-electron chi connectivity index (χ3n) is 5.63. The summed E-state index contributed by atoms with van der Waals surface area (Å²) in [5, 5.41) is 10.7. The highest BCUT2D eigenvalue weighted by molar-refractivity contribution is 5.30. The Kier molecular flexibility index (Phi) is 9.11. The van der Waals surface area contributed by atoms with E-state index >= 15 is 0 Å². The van der Waals surface area contributed by atoms with Crippen LogP contribution in [-0.4, -0.2) is 42.9 Å². The molecular formula is C27H34N2O3. The van der Waals surface area contributed by atoms with Gasteiger partial charge in [0.2, 0.25) is 0 Å². The van der Waals surface area contributed by atoms with Gasteiger partial charge >= 0.3 is 0 Å². The SMILES string of the molecule is COc1cccc(CN(CC[C@@H](O)[C@@H](N)Cc2ccccc2)Cc2cccc(OC)c2)c1. The van der Waals surface area contributed by atoms with Crippen molar-refractivity contribution in [1.29, 1.82) is 0 Å². The molecule has 170 valence electrons. The summed E-state index contributed by atoms with van der Waals surface area (Å²) in [4.78, 5) is 2.32. The Morgan fingerprint density at radius 2 is 1.31 bits per heavy atom. The zero-order chi connectivity index (χ0) is 22.8. The summed E-state index contributed by atoms with van der Waals surface area (Å²) in [5.74, 6) is 1.68. The lowest BCUT2D eigenvalue weighted by Gasteiger charge is -2.26. The number of hydrogen-bond donors (Lipinski definition) is 2. The number of aliphatic hydroxyl groups is 1. The summed E-state index contributed by atoms with van der Waals surface area (Å²) in [5.41, 5.74) is 9.78. The zero-order valence-electron chi connectivity index (χ0n) is 19.0. The fourth-order valence-electron chi connectivity index (χ4n) is 3.82. The van der Waals surface area contributed by atoms with Crippen LogP contribution in [0.5, 0.6) is 11.5 Å². The maximum Gasteiger partial charge on any atom is 0.119 e. The normalized spacial score (nSPS) is 13.0. The van der Waals surface area contributed by atoms with Gasteiger partial charge in [-0.1, -0.05) is 54.6 Å². The molecule has 0 saturated heterocycles. The monoisotopic (exact) mass is 434 g/mol. The molecule has 0 fully saturated rings. The Hall–Kier alpha value is -2.86. The summed E-state index contributed by atoms with van der Waals surface area (Å²) in [6, 6.07) is 26.0. The molecule has 0 spiro atoms. The van der Waals surface area contributed by atoms with Crippen molar-refractivity contribution in [2.75, 3.05) is 20.8 Å². The molecule has 5 nitrogen and oxygen atoms in total. The van der Waals surface area contributed by atoms with Crippen molar-refractivity contribution < 1.29 is 14.6 Å². The van der Waals surface area contributed by atoms with Crippen LogP contribution in [0.15, 0.2) is 78.9 Å². The highest BCUT2D eigenvalue weighted by Crippen LogP contribution is 2.19. The average molecular weight is 435 g/mol. The van der Waals surface area contributed by atoms with Gasteiger partial charge in [-0.25, -0.2) is 0 Å². The van der Waals surface area contributed by atoms with Crippen molar-refractivity contribution in [3.05, 3.63) is 95.6 Å². The molecule has 2 atom stereocenters. The molecule has 3 aromatic rings. The molecule has 3 rings (SSSR count). The van der Waals surface area contributed by atoms with Gasteiger partial charge in [0.05, 0.1) is 20.3 Å². The molecule has 0 aliphatic rings. The van der Waals surface area contributed by atoms with E-state index in [0.29, 0.717) is 12.8 Å². The third-order valence-corrected chi connectivity index (χ3v) is 5.63. The number of rotatable bonds is 12. The number of benzene rings is 3. The van der Waals surface area contributed by atoms with E-state index in [2.05, 4.69) is 29.2 Å². The Bertz CT molecular complexity index is 899. The maximum absolute atomic E-state index is 10.7. The van der Waals surface area contributed by atoms with Crippen LogP contribution in [0.4, 0.5) is 0 Å². The van der Waals surface area contributed by atoms with E-state index in [4.69, 9.17) is 15.2 Å². The van der Waals surface area contributed by atoms with E-state index in [-0.39, 0.29) is 6.04 Å². The number of hydrogen-bond acceptors (Lipinski definition) is 5. The molecule has 0 amide bonds. The predicted molar refractivity (Wildman–Crippen MR) is 129 cm³/mol. The van der Waals surface area contributed by atoms with E-state index in [1.54, 1.807) is 14.2 Å². The van der Waals surface area contributed by atoms with Gasteiger partial charge in [0, 0.05) is 25.7 Å². The number of nitrogens with zero attached hydrogens (tertiary/aromatic N) is 1. The fourth-order valence-corrected chi connectivity index (χ4v) is 3.82. The summed E-state index contributed by atoms with van der Waals surface area (Å²) in [7, 11) is 3.36. The molecule has 0 radical (unpaired) electrons. The molecule has 0 bridgehead atoms. The number of methoxy groups -OCH3 is 2. The van der Waals surface area contributed by atoms with Crippen molar-refractivity contribution in [1.82, 2.24) is 4.90 Å². The van der Waals surface area contributed by atoms with E-state index in [1.807, 2.05) is 54.6 Å². The van der Waals surface area contributed by atoms with E-state index < -0.39 is 6.10 Å². The third kappa shape index (κ3) is 7.38. The van der Waals surface area contributed by atoms with Gasteiger partial charge in [-0.3, -0.25) is 4.90 Å². The standard InChI is InChI=1S/C27H34N2O3/c1-31-24-12-6-10-22(16-24)19-29(20-23-11-7-13-25(17-23)32-2)15-14-27(30)26(28)18-21-8-4-3-5-9-21/h3-13,16-17,26-27,30H,14-15,18-20,28H2,1-2H3/t26-,27+/m0/s1. The minimum absolute atomic E-state index is 0.298. The molecule has 5 heteroatoms. The van der Waals surface area contributed by atoms with Crippen molar-refractivity contribution in [3.8, 4) is 11.5 Å². The van der Waals surface area contributed by atoms with Gasteiger partial charge in [-0.2, -0.15) is 0 Å². The zero-order valence-corrected chi connectivity index (χ0v) is 19.0. The minimum Gasteiger partial charge on any atom is -0.497 e. The first kappa shape index (κ1) is 23.8. The first-order valence-corrected chi connectivity index (χ1v) is 11.0. The van der Waals surface area contributed by atoms with Gasteiger partial charge in [0.25, 0.3) is 0 Å². The van der Waals surface area contributed by atoms with Gasteiger partial charge in [-0.15, -0.1) is 0 Å². The summed E-state index contributed by atoms with van der Waals surface area (Å²) < 4.78 is 10.8. The lowest BCUT2D eigenvalue weighted by Crippen LogP contribution is -2.39. The smallest absolute Gasteiger partial charge is 0.119 e. The van der Waals surface area contributed by atoms with E-state index in [0.717, 1.165) is 47.8 Å². The van der Waals surface area contributed by atoms with Crippen LogP contribution in [0.3, 0.4) is 0 Å². The van der Waals surface area contributed by atoms with Crippen LogP contribution in [0.2, 0.25) is 0 Å². The average Bonchev–Trinajstić information content (AvgIpc) is 2.83. The Labute approximate surface area is 191 Å². The van der Waals surface area contributed by atoms with Gasteiger partial charge in [-0.05, 0) is 53.8 Å². The Morgan fingerprint density at radius 1 is 0.781 bits per heavy atom. The first-order valence-electron chi connectivity index (χ1n) is 11.0. The lowest BCUT2D eigenvalue weighted by molar-refractivity contribution is 0.112. The minimum atomic E-state index is -0.576. The maximum atomic E-state index is 10.7. The Morgan fingerprint density at radius 3 is 1.84 bits per heavy atom. The van der Waals surface area contributed by atoms with Crippen LogP contribution < -0.4 is 15.2 Å². The van der Waals surface area contributed by atoms with Crippen LogP contribution in [0.25, 0.3) is 0 Å². The molecular weight excluding hydrogens is 400 g/mol. The Balaban J connectivity index is 1.66. The van der Waals surface area contributed by atoms with Gasteiger partial charge in [0.1, 0.15) is 11.5 Å². The second-order valence-corrected chi connectivity index (χ2v) is 8.12. The fraction of sp³-hybridized carbons (Fsp3) is 0.333. The molecule has 0 aromatic heterocycles. The second kappa shape index (κ2) is 12.2. The van der Waals surface area contributed by atoms with Gasteiger partial charge in [0.15, 0.2) is 0 Å². The first-order chi connectivity index (χ1) is 15.6. The van der Waals surface area contributed by atoms with Crippen molar-refractivity contribution >= 4 is 0 Å². The molecule has 32 heavy (non-hydrogen) atoms. The molecule has 0 unspecified atom stereocenters.